The van der Waals surface area contributed by atoms with Gasteiger partial charge in [0, 0.05) is 42.5 Å². The minimum Gasteiger partial charge on any atom is -0.355 e. The van der Waals surface area contributed by atoms with Crippen LogP contribution in [0.3, 0.4) is 0 Å². The largest absolute Gasteiger partial charge is 0.355 e. The van der Waals surface area contributed by atoms with Crippen molar-refractivity contribution in [2.24, 2.45) is 5.92 Å². The van der Waals surface area contributed by atoms with Crippen molar-refractivity contribution in [1.29, 1.82) is 0 Å². The van der Waals surface area contributed by atoms with Crippen molar-refractivity contribution in [3.05, 3.63) is 71.5 Å². The van der Waals surface area contributed by atoms with Gasteiger partial charge in [-0.15, -0.1) is 11.8 Å². The normalized spacial score (nSPS) is 14.5. The summed E-state index contributed by atoms with van der Waals surface area (Å²) in [7, 11) is 0. The molecule has 2 aromatic carbocycles. The van der Waals surface area contributed by atoms with Crippen LogP contribution in [0.25, 0.3) is 0 Å². The maximum Gasteiger partial charge on any atom is 0.230 e. The maximum absolute atomic E-state index is 12.2. The second kappa shape index (κ2) is 10.8. The zero-order valence-corrected chi connectivity index (χ0v) is 19.4. The summed E-state index contributed by atoms with van der Waals surface area (Å²) in [6.45, 7) is 4.80. The molecule has 0 bridgehead atoms. The molecule has 1 saturated heterocycles. The van der Waals surface area contributed by atoms with Gasteiger partial charge in [0.15, 0.2) is 0 Å². The molecule has 4 rings (SSSR count). The fourth-order valence-electron chi connectivity index (χ4n) is 3.64. The molecule has 162 valence electrons. The molecule has 1 aromatic heterocycles. The van der Waals surface area contributed by atoms with Crippen LogP contribution in [-0.2, 0) is 11.2 Å². The van der Waals surface area contributed by atoms with Gasteiger partial charge in [-0.05, 0) is 43.4 Å². The lowest BCUT2D eigenvalue weighted by atomic mass is 9.97. The van der Waals surface area contributed by atoms with Crippen molar-refractivity contribution in [2.75, 3.05) is 30.3 Å². The van der Waals surface area contributed by atoms with Crippen LogP contribution in [-0.4, -0.2) is 40.7 Å². The Labute approximate surface area is 192 Å². The Morgan fingerprint density at radius 2 is 1.87 bits per heavy atom. The summed E-state index contributed by atoms with van der Waals surface area (Å²) >= 11 is 3.08. The van der Waals surface area contributed by atoms with Crippen molar-refractivity contribution in [1.82, 2.24) is 14.7 Å². The van der Waals surface area contributed by atoms with E-state index in [4.69, 9.17) is 4.98 Å². The van der Waals surface area contributed by atoms with E-state index in [1.165, 1.54) is 22.7 Å². The lowest BCUT2D eigenvalue weighted by Gasteiger charge is -2.31. The minimum atomic E-state index is 0.112. The highest BCUT2D eigenvalue weighted by molar-refractivity contribution is 8.00. The molecule has 0 spiro atoms. The standard InChI is InChI=1S/C24H28N4OS2/c1-18-7-9-19(10-8-18)15-22-26-24(31-27-22)28-13-11-20(12-14-28)16-25-23(29)17-30-21-5-3-2-4-6-21/h2-10,20H,11-17H2,1H3,(H,25,29). The number of piperidine rings is 1. The highest BCUT2D eigenvalue weighted by Gasteiger charge is 2.22. The number of aryl methyl sites for hydroxylation is 1. The first-order valence-corrected chi connectivity index (χ1v) is 12.5. The quantitative estimate of drug-likeness (QED) is 0.508. The maximum atomic E-state index is 12.2. The lowest BCUT2D eigenvalue weighted by molar-refractivity contribution is -0.118. The summed E-state index contributed by atoms with van der Waals surface area (Å²) in [5, 5.41) is 4.13. The third-order valence-electron chi connectivity index (χ3n) is 5.53. The molecule has 0 aliphatic carbocycles. The smallest absolute Gasteiger partial charge is 0.230 e. The van der Waals surface area contributed by atoms with Gasteiger partial charge >= 0.3 is 0 Å². The van der Waals surface area contributed by atoms with E-state index in [-0.39, 0.29) is 5.91 Å². The van der Waals surface area contributed by atoms with Gasteiger partial charge in [0.05, 0.1) is 5.75 Å². The number of thioether (sulfide) groups is 1. The molecular weight excluding hydrogens is 424 g/mol. The zero-order chi connectivity index (χ0) is 21.5. The molecule has 2 heterocycles. The first kappa shape index (κ1) is 21.8. The van der Waals surface area contributed by atoms with Gasteiger partial charge in [0.2, 0.25) is 11.0 Å². The van der Waals surface area contributed by atoms with Crippen molar-refractivity contribution in [2.45, 2.75) is 31.1 Å². The van der Waals surface area contributed by atoms with E-state index in [1.54, 1.807) is 11.8 Å². The van der Waals surface area contributed by atoms with Gasteiger partial charge < -0.3 is 10.2 Å². The summed E-state index contributed by atoms with van der Waals surface area (Å²) in [5.41, 5.74) is 2.51. The van der Waals surface area contributed by atoms with E-state index in [9.17, 15) is 4.79 Å². The average molecular weight is 453 g/mol. The Bertz CT molecular complexity index is 967. The Hall–Kier alpha value is -2.38. The van der Waals surface area contributed by atoms with Crippen LogP contribution in [0.2, 0.25) is 0 Å². The topological polar surface area (TPSA) is 58.1 Å². The average Bonchev–Trinajstić information content (AvgIpc) is 3.27. The summed E-state index contributed by atoms with van der Waals surface area (Å²) in [6, 6.07) is 18.6. The van der Waals surface area contributed by atoms with Crippen molar-refractivity contribution in [3.8, 4) is 0 Å². The van der Waals surface area contributed by atoms with Crippen LogP contribution >= 0.6 is 23.3 Å². The Morgan fingerprint density at radius 3 is 2.61 bits per heavy atom. The first-order valence-electron chi connectivity index (χ1n) is 10.7. The zero-order valence-electron chi connectivity index (χ0n) is 17.8. The number of hydrogen-bond donors (Lipinski definition) is 1. The molecule has 7 heteroatoms. The van der Waals surface area contributed by atoms with Gasteiger partial charge in [0.25, 0.3) is 0 Å². The van der Waals surface area contributed by atoms with E-state index in [0.29, 0.717) is 11.7 Å². The number of aromatic nitrogens is 2. The molecule has 0 saturated carbocycles. The van der Waals surface area contributed by atoms with Crippen LogP contribution < -0.4 is 10.2 Å². The third-order valence-corrected chi connectivity index (χ3v) is 7.35. The second-order valence-electron chi connectivity index (χ2n) is 7.99. The molecule has 0 atom stereocenters. The number of benzene rings is 2. The van der Waals surface area contributed by atoms with E-state index < -0.39 is 0 Å². The van der Waals surface area contributed by atoms with E-state index in [0.717, 1.165) is 54.7 Å². The fourth-order valence-corrected chi connectivity index (χ4v) is 5.12. The molecule has 3 aromatic rings. The van der Waals surface area contributed by atoms with Crippen LogP contribution in [0.1, 0.15) is 29.8 Å². The Morgan fingerprint density at radius 1 is 1.13 bits per heavy atom. The van der Waals surface area contributed by atoms with Gasteiger partial charge in [-0.3, -0.25) is 4.79 Å². The van der Waals surface area contributed by atoms with Gasteiger partial charge in [-0.2, -0.15) is 4.37 Å². The predicted molar refractivity (Wildman–Crippen MR) is 129 cm³/mol. The number of hydrogen-bond acceptors (Lipinski definition) is 6. The SMILES string of the molecule is Cc1ccc(Cc2nsc(N3CCC(CNC(=O)CSc4ccccc4)CC3)n2)cc1. The van der Waals surface area contributed by atoms with Crippen LogP contribution in [0.15, 0.2) is 59.5 Å². The number of amides is 1. The molecule has 1 amide bonds. The highest BCUT2D eigenvalue weighted by atomic mass is 32.2. The Kier molecular flexibility index (Phi) is 7.59. The number of nitrogens with one attached hydrogen (secondary N) is 1. The second-order valence-corrected chi connectivity index (χ2v) is 9.77. The van der Waals surface area contributed by atoms with Crippen LogP contribution in [0.5, 0.6) is 0 Å². The van der Waals surface area contributed by atoms with E-state index >= 15 is 0 Å². The Balaban J connectivity index is 1.18. The molecule has 5 nitrogen and oxygen atoms in total. The fraction of sp³-hybridized carbons (Fsp3) is 0.375. The lowest BCUT2D eigenvalue weighted by Crippen LogP contribution is -2.39. The van der Waals surface area contributed by atoms with Crippen molar-refractivity contribution in [3.63, 3.8) is 0 Å². The summed E-state index contributed by atoms with van der Waals surface area (Å²) in [5.74, 6) is 2.01. The van der Waals surface area contributed by atoms with Crippen molar-refractivity contribution < 1.29 is 4.79 Å². The van der Waals surface area contributed by atoms with Gasteiger partial charge in [-0.1, -0.05) is 48.0 Å². The predicted octanol–water partition coefficient (Wildman–Crippen LogP) is 4.56. The molecule has 1 aliphatic rings. The molecule has 0 unspecified atom stereocenters. The van der Waals surface area contributed by atoms with Gasteiger partial charge in [0.1, 0.15) is 5.82 Å². The molecular formula is C24H28N4OS2. The molecule has 1 aliphatic heterocycles. The number of carbonyl (C=O) groups excluding carboxylic acids is 1. The molecule has 1 fully saturated rings. The molecule has 0 radical (unpaired) electrons. The van der Waals surface area contributed by atoms with E-state index in [2.05, 4.69) is 45.8 Å². The summed E-state index contributed by atoms with van der Waals surface area (Å²) < 4.78 is 4.56. The third kappa shape index (κ3) is 6.55. The van der Waals surface area contributed by atoms with E-state index in [1.807, 2.05) is 30.3 Å². The molecule has 31 heavy (non-hydrogen) atoms. The first-order chi connectivity index (χ1) is 15.2. The number of carbonyl (C=O) groups is 1. The highest BCUT2D eigenvalue weighted by Crippen LogP contribution is 2.25. The monoisotopic (exact) mass is 452 g/mol. The number of anilines is 1. The summed E-state index contributed by atoms with van der Waals surface area (Å²) in [4.78, 5) is 20.4. The molecule has 1 N–H and O–H groups in total. The van der Waals surface area contributed by atoms with Gasteiger partial charge in [-0.25, -0.2) is 4.98 Å². The van der Waals surface area contributed by atoms with Crippen molar-refractivity contribution >= 4 is 34.3 Å². The minimum absolute atomic E-state index is 0.112. The number of nitrogens with zero attached hydrogens (tertiary/aromatic N) is 3. The summed E-state index contributed by atoms with van der Waals surface area (Å²) in [6.07, 6.45) is 2.91. The van der Waals surface area contributed by atoms with Crippen LogP contribution in [0.4, 0.5) is 5.13 Å². The van der Waals surface area contributed by atoms with Crippen LogP contribution in [0, 0.1) is 12.8 Å². The number of rotatable bonds is 8.